The monoisotopic (exact) mass is 206 g/mol. The first kappa shape index (κ1) is 9.28. The molecule has 1 aromatic heterocycles. The first-order valence-corrected chi connectivity index (χ1v) is 4.84. The standard InChI is InChI=1S/C11H11ClN2/c1-8-3-5-10(6-4-8)14-9(2)7-11(12)13-14/h3-7H,1-2H3. The van der Waals surface area contributed by atoms with Gasteiger partial charge < -0.3 is 0 Å². The molecular formula is C11H11ClN2. The van der Waals surface area contributed by atoms with Gasteiger partial charge >= 0.3 is 0 Å². The molecule has 1 aromatic carbocycles. The lowest BCUT2D eigenvalue weighted by Crippen LogP contribution is -1.98. The molecule has 0 atom stereocenters. The number of hydrogen-bond donors (Lipinski definition) is 0. The van der Waals surface area contributed by atoms with E-state index in [1.807, 2.05) is 29.8 Å². The predicted molar refractivity (Wildman–Crippen MR) is 58.0 cm³/mol. The summed E-state index contributed by atoms with van der Waals surface area (Å²) >= 11 is 5.81. The fourth-order valence-corrected chi connectivity index (χ4v) is 1.62. The molecule has 2 aromatic rings. The Morgan fingerprint density at radius 3 is 2.29 bits per heavy atom. The van der Waals surface area contributed by atoms with Crippen molar-refractivity contribution in [1.82, 2.24) is 9.78 Å². The summed E-state index contributed by atoms with van der Waals surface area (Å²) in [5.74, 6) is 0. The van der Waals surface area contributed by atoms with Crippen molar-refractivity contribution in [3.63, 3.8) is 0 Å². The lowest BCUT2D eigenvalue weighted by molar-refractivity contribution is 0.847. The van der Waals surface area contributed by atoms with E-state index >= 15 is 0 Å². The number of aryl methyl sites for hydroxylation is 2. The number of aromatic nitrogens is 2. The molecule has 0 amide bonds. The van der Waals surface area contributed by atoms with Crippen LogP contribution < -0.4 is 0 Å². The van der Waals surface area contributed by atoms with Gasteiger partial charge in [0.15, 0.2) is 5.15 Å². The lowest BCUT2D eigenvalue weighted by Gasteiger charge is -2.03. The largest absolute Gasteiger partial charge is 0.237 e. The summed E-state index contributed by atoms with van der Waals surface area (Å²) in [6.45, 7) is 4.05. The summed E-state index contributed by atoms with van der Waals surface area (Å²) in [4.78, 5) is 0. The highest BCUT2D eigenvalue weighted by Gasteiger charge is 2.03. The van der Waals surface area contributed by atoms with E-state index < -0.39 is 0 Å². The smallest absolute Gasteiger partial charge is 0.151 e. The molecule has 0 saturated heterocycles. The van der Waals surface area contributed by atoms with Crippen molar-refractivity contribution < 1.29 is 0 Å². The van der Waals surface area contributed by atoms with Crippen LogP contribution in [0.3, 0.4) is 0 Å². The van der Waals surface area contributed by atoms with Crippen LogP contribution in [-0.4, -0.2) is 9.78 Å². The van der Waals surface area contributed by atoms with Gasteiger partial charge in [0.05, 0.1) is 5.69 Å². The van der Waals surface area contributed by atoms with E-state index in [-0.39, 0.29) is 0 Å². The molecule has 0 radical (unpaired) electrons. The third kappa shape index (κ3) is 1.66. The Balaban J connectivity index is 2.49. The van der Waals surface area contributed by atoms with Crippen molar-refractivity contribution in [3.05, 3.63) is 46.7 Å². The van der Waals surface area contributed by atoms with Crippen molar-refractivity contribution in [2.45, 2.75) is 13.8 Å². The average Bonchev–Trinajstić information content (AvgIpc) is 2.47. The molecule has 3 heteroatoms. The quantitative estimate of drug-likeness (QED) is 0.701. The summed E-state index contributed by atoms with van der Waals surface area (Å²) in [5, 5.41) is 4.72. The second-order valence-corrected chi connectivity index (χ2v) is 3.74. The van der Waals surface area contributed by atoms with Crippen LogP contribution in [0.2, 0.25) is 5.15 Å². The highest BCUT2D eigenvalue weighted by Crippen LogP contribution is 2.15. The molecule has 0 unspecified atom stereocenters. The van der Waals surface area contributed by atoms with Crippen LogP contribution in [0.1, 0.15) is 11.3 Å². The molecule has 2 nitrogen and oxygen atoms in total. The Labute approximate surface area is 88.1 Å². The lowest BCUT2D eigenvalue weighted by atomic mass is 10.2. The van der Waals surface area contributed by atoms with Crippen molar-refractivity contribution in [1.29, 1.82) is 0 Å². The van der Waals surface area contributed by atoms with E-state index in [4.69, 9.17) is 11.6 Å². The maximum atomic E-state index is 5.81. The Morgan fingerprint density at radius 2 is 1.79 bits per heavy atom. The highest BCUT2D eigenvalue weighted by molar-refractivity contribution is 6.29. The second-order valence-electron chi connectivity index (χ2n) is 3.36. The highest BCUT2D eigenvalue weighted by atomic mass is 35.5. The molecule has 2 rings (SSSR count). The number of halogens is 1. The van der Waals surface area contributed by atoms with Crippen molar-refractivity contribution in [2.24, 2.45) is 0 Å². The van der Waals surface area contributed by atoms with E-state index in [9.17, 15) is 0 Å². The molecule has 0 fully saturated rings. The maximum absolute atomic E-state index is 5.81. The molecule has 0 aliphatic carbocycles. The molecule has 0 N–H and O–H groups in total. The number of nitrogens with zero attached hydrogens (tertiary/aromatic N) is 2. The molecule has 0 saturated carbocycles. The van der Waals surface area contributed by atoms with Gasteiger partial charge in [0, 0.05) is 5.69 Å². The van der Waals surface area contributed by atoms with Gasteiger partial charge in [-0.1, -0.05) is 29.3 Å². The first-order chi connectivity index (χ1) is 6.66. The summed E-state index contributed by atoms with van der Waals surface area (Å²) < 4.78 is 1.84. The van der Waals surface area contributed by atoms with Gasteiger partial charge in [-0.05, 0) is 32.0 Å². The van der Waals surface area contributed by atoms with Gasteiger partial charge in [-0.3, -0.25) is 0 Å². The van der Waals surface area contributed by atoms with E-state index in [0.29, 0.717) is 5.15 Å². The van der Waals surface area contributed by atoms with Crippen molar-refractivity contribution in [3.8, 4) is 5.69 Å². The van der Waals surface area contributed by atoms with Crippen molar-refractivity contribution >= 4 is 11.6 Å². The third-order valence-corrected chi connectivity index (χ3v) is 2.32. The Kier molecular flexibility index (Phi) is 2.30. The maximum Gasteiger partial charge on any atom is 0.151 e. The van der Waals surface area contributed by atoms with Crippen LogP contribution in [0.15, 0.2) is 30.3 Å². The van der Waals surface area contributed by atoms with Gasteiger partial charge in [-0.2, -0.15) is 5.10 Å². The minimum atomic E-state index is 0.531. The minimum Gasteiger partial charge on any atom is -0.237 e. The van der Waals surface area contributed by atoms with E-state index in [1.54, 1.807) is 0 Å². The molecule has 1 heterocycles. The van der Waals surface area contributed by atoms with Crippen LogP contribution >= 0.6 is 11.6 Å². The Bertz CT molecular complexity index is 443. The van der Waals surface area contributed by atoms with E-state index in [1.165, 1.54) is 5.56 Å². The van der Waals surface area contributed by atoms with Crippen LogP contribution in [0.25, 0.3) is 5.69 Å². The van der Waals surface area contributed by atoms with Gasteiger partial charge in [-0.25, -0.2) is 4.68 Å². The molecule has 0 aliphatic heterocycles. The SMILES string of the molecule is Cc1ccc(-n2nc(Cl)cc2C)cc1. The molecule has 0 spiro atoms. The number of hydrogen-bond acceptors (Lipinski definition) is 1. The molecule has 14 heavy (non-hydrogen) atoms. The topological polar surface area (TPSA) is 17.8 Å². The third-order valence-electron chi connectivity index (χ3n) is 2.14. The minimum absolute atomic E-state index is 0.531. The molecule has 0 bridgehead atoms. The van der Waals surface area contributed by atoms with Crippen LogP contribution in [-0.2, 0) is 0 Å². The molecule has 0 aliphatic rings. The predicted octanol–water partition coefficient (Wildman–Crippen LogP) is 3.14. The van der Waals surface area contributed by atoms with Gasteiger partial charge in [0.2, 0.25) is 0 Å². The summed E-state index contributed by atoms with van der Waals surface area (Å²) in [6, 6.07) is 10.0. The average molecular weight is 207 g/mol. The number of rotatable bonds is 1. The molecule has 72 valence electrons. The summed E-state index contributed by atoms with van der Waals surface area (Å²) in [6.07, 6.45) is 0. The van der Waals surface area contributed by atoms with Crippen LogP contribution in [0.4, 0.5) is 0 Å². The normalized spacial score (nSPS) is 10.5. The zero-order chi connectivity index (χ0) is 10.1. The zero-order valence-electron chi connectivity index (χ0n) is 8.16. The fraction of sp³-hybridized carbons (Fsp3) is 0.182. The van der Waals surface area contributed by atoms with Gasteiger partial charge in [0.25, 0.3) is 0 Å². The van der Waals surface area contributed by atoms with Gasteiger partial charge in [0.1, 0.15) is 0 Å². The summed E-state index contributed by atoms with van der Waals surface area (Å²) in [5.41, 5.74) is 3.32. The van der Waals surface area contributed by atoms with E-state index in [0.717, 1.165) is 11.4 Å². The van der Waals surface area contributed by atoms with Gasteiger partial charge in [-0.15, -0.1) is 0 Å². The van der Waals surface area contributed by atoms with E-state index in [2.05, 4.69) is 24.2 Å². The summed E-state index contributed by atoms with van der Waals surface area (Å²) in [7, 11) is 0. The molecular weight excluding hydrogens is 196 g/mol. The first-order valence-electron chi connectivity index (χ1n) is 4.46. The second kappa shape index (κ2) is 3.46. The number of benzene rings is 1. The zero-order valence-corrected chi connectivity index (χ0v) is 8.92. The Morgan fingerprint density at radius 1 is 1.14 bits per heavy atom. The Hall–Kier alpha value is -1.28. The van der Waals surface area contributed by atoms with Crippen molar-refractivity contribution in [2.75, 3.05) is 0 Å². The van der Waals surface area contributed by atoms with Crippen LogP contribution in [0.5, 0.6) is 0 Å². The van der Waals surface area contributed by atoms with Crippen LogP contribution in [0, 0.1) is 13.8 Å². The fourth-order valence-electron chi connectivity index (χ4n) is 1.38.